The molecule has 27 heavy (non-hydrogen) atoms. The molecule has 0 aliphatic heterocycles. The van der Waals surface area contributed by atoms with Gasteiger partial charge in [-0.1, -0.05) is 57.0 Å². The maximum Gasteiger partial charge on any atom is 0.234 e. The highest BCUT2D eigenvalue weighted by Gasteiger charge is 2.35. The number of carbonyl (C=O) groups excluding carboxylic acids is 2. The van der Waals surface area contributed by atoms with E-state index in [1.54, 1.807) is 6.07 Å². The molecule has 0 heterocycles. The van der Waals surface area contributed by atoms with Crippen LogP contribution in [0.1, 0.15) is 64.5 Å². The van der Waals surface area contributed by atoms with E-state index in [4.69, 9.17) is 17.3 Å². The summed E-state index contributed by atoms with van der Waals surface area (Å²) < 4.78 is 0. The number of ketones is 1. The molecule has 0 bridgehead atoms. The SMILES string of the molecule is CC(C)[C@@H]1CC[C@@H](C)C[C@H]1C(=O)CC[C@@H](NC(=O)CN)c1ccccc1Cl. The molecular formula is C22H33ClN2O2. The van der Waals surface area contributed by atoms with Gasteiger partial charge in [0, 0.05) is 17.4 Å². The summed E-state index contributed by atoms with van der Waals surface area (Å²) in [6.07, 6.45) is 4.31. The minimum atomic E-state index is -0.294. The molecule has 0 radical (unpaired) electrons. The van der Waals surface area contributed by atoms with Gasteiger partial charge in [0.2, 0.25) is 5.91 Å². The van der Waals surface area contributed by atoms with Gasteiger partial charge in [0.05, 0.1) is 12.6 Å². The number of halogens is 1. The molecule has 0 unspecified atom stereocenters. The Morgan fingerprint density at radius 2 is 1.96 bits per heavy atom. The van der Waals surface area contributed by atoms with Crippen molar-refractivity contribution in [2.24, 2.45) is 29.4 Å². The van der Waals surface area contributed by atoms with Crippen molar-refractivity contribution in [2.75, 3.05) is 6.54 Å². The van der Waals surface area contributed by atoms with Crippen LogP contribution in [-0.4, -0.2) is 18.2 Å². The zero-order valence-electron chi connectivity index (χ0n) is 16.7. The third-order valence-electron chi connectivity index (χ3n) is 5.92. The van der Waals surface area contributed by atoms with Crippen LogP contribution in [0.5, 0.6) is 0 Å². The van der Waals surface area contributed by atoms with E-state index in [2.05, 4.69) is 26.1 Å². The highest BCUT2D eigenvalue weighted by Crippen LogP contribution is 2.39. The number of hydrogen-bond acceptors (Lipinski definition) is 3. The molecule has 5 heteroatoms. The average molecular weight is 393 g/mol. The number of nitrogens with one attached hydrogen (secondary N) is 1. The predicted molar refractivity (Wildman–Crippen MR) is 110 cm³/mol. The number of hydrogen-bond donors (Lipinski definition) is 2. The van der Waals surface area contributed by atoms with Crippen LogP contribution >= 0.6 is 11.6 Å². The number of amides is 1. The van der Waals surface area contributed by atoms with Crippen LogP contribution in [0, 0.1) is 23.7 Å². The van der Waals surface area contributed by atoms with E-state index in [1.165, 1.54) is 6.42 Å². The third kappa shape index (κ3) is 6.05. The second-order valence-electron chi connectivity index (χ2n) is 8.28. The Hall–Kier alpha value is -1.39. The van der Waals surface area contributed by atoms with Gasteiger partial charge in [-0.05, 0) is 48.6 Å². The number of rotatable bonds is 8. The zero-order valence-corrected chi connectivity index (χ0v) is 17.5. The molecule has 1 aliphatic carbocycles. The summed E-state index contributed by atoms with van der Waals surface area (Å²) in [5.41, 5.74) is 6.30. The fraction of sp³-hybridized carbons (Fsp3) is 0.636. The van der Waals surface area contributed by atoms with Crippen molar-refractivity contribution in [1.29, 1.82) is 0 Å². The van der Waals surface area contributed by atoms with Gasteiger partial charge in [-0.2, -0.15) is 0 Å². The quantitative estimate of drug-likeness (QED) is 0.683. The van der Waals surface area contributed by atoms with E-state index in [0.29, 0.717) is 41.4 Å². The Morgan fingerprint density at radius 3 is 2.59 bits per heavy atom. The van der Waals surface area contributed by atoms with Gasteiger partial charge in [0.1, 0.15) is 5.78 Å². The van der Waals surface area contributed by atoms with Crippen molar-refractivity contribution in [3.63, 3.8) is 0 Å². The normalized spacial score (nSPS) is 23.9. The van der Waals surface area contributed by atoms with Crippen LogP contribution in [-0.2, 0) is 9.59 Å². The lowest BCUT2D eigenvalue weighted by Gasteiger charge is -2.36. The Labute approximate surface area is 168 Å². The minimum Gasteiger partial charge on any atom is -0.348 e. The van der Waals surface area contributed by atoms with Crippen molar-refractivity contribution in [1.82, 2.24) is 5.32 Å². The summed E-state index contributed by atoms with van der Waals surface area (Å²) in [7, 11) is 0. The maximum absolute atomic E-state index is 13.1. The minimum absolute atomic E-state index is 0.0789. The summed E-state index contributed by atoms with van der Waals surface area (Å²) in [6.45, 7) is 6.60. The van der Waals surface area contributed by atoms with Gasteiger partial charge >= 0.3 is 0 Å². The lowest BCUT2D eigenvalue weighted by Crippen LogP contribution is -2.36. The summed E-state index contributed by atoms with van der Waals surface area (Å²) in [5.74, 6) is 1.79. The van der Waals surface area contributed by atoms with Gasteiger partial charge in [-0.25, -0.2) is 0 Å². The zero-order chi connectivity index (χ0) is 20.0. The van der Waals surface area contributed by atoms with Crippen molar-refractivity contribution >= 4 is 23.3 Å². The largest absolute Gasteiger partial charge is 0.348 e. The number of Topliss-reactive ketones (excluding diaryl/α,β-unsaturated/α-hetero) is 1. The molecular weight excluding hydrogens is 360 g/mol. The first kappa shape index (κ1) is 21.9. The molecule has 0 spiro atoms. The monoisotopic (exact) mass is 392 g/mol. The fourth-order valence-electron chi connectivity index (χ4n) is 4.36. The van der Waals surface area contributed by atoms with Crippen LogP contribution in [0.15, 0.2) is 24.3 Å². The lowest BCUT2D eigenvalue weighted by molar-refractivity contribution is -0.127. The van der Waals surface area contributed by atoms with E-state index in [1.807, 2.05) is 18.2 Å². The second kappa shape index (κ2) is 10.2. The van der Waals surface area contributed by atoms with E-state index in [9.17, 15) is 9.59 Å². The molecule has 2 rings (SSSR count). The Kier molecular flexibility index (Phi) is 8.30. The van der Waals surface area contributed by atoms with E-state index < -0.39 is 0 Å². The van der Waals surface area contributed by atoms with Crippen molar-refractivity contribution < 1.29 is 9.59 Å². The Balaban J connectivity index is 2.09. The third-order valence-corrected chi connectivity index (χ3v) is 6.26. The fourth-order valence-corrected chi connectivity index (χ4v) is 4.63. The summed E-state index contributed by atoms with van der Waals surface area (Å²) in [5, 5.41) is 3.52. The first-order valence-electron chi connectivity index (χ1n) is 10.1. The first-order valence-corrected chi connectivity index (χ1v) is 10.5. The molecule has 4 nitrogen and oxygen atoms in total. The molecule has 1 saturated carbocycles. The van der Waals surface area contributed by atoms with Crippen molar-refractivity contribution in [3.8, 4) is 0 Å². The van der Waals surface area contributed by atoms with Gasteiger partial charge in [0.15, 0.2) is 0 Å². The molecule has 3 N–H and O–H groups in total. The molecule has 1 aliphatic rings. The highest BCUT2D eigenvalue weighted by atomic mass is 35.5. The van der Waals surface area contributed by atoms with Crippen LogP contribution in [0.2, 0.25) is 5.02 Å². The topological polar surface area (TPSA) is 72.2 Å². The van der Waals surface area contributed by atoms with Crippen LogP contribution in [0.25, 0.3) is 0 Å². The maximum atomic E-state index is 13.1. The average Bonchev–Trinajstić information content (AvgIpc) is 2.64. The number of benzene rings is 1. The summed E-state index contributed by atoms with van der Waals surface area (Å²) in [4.78, 5) is 24.9. The molecule has 150 valence electrons. The second-order valence-corrected chi connectivity index (χ2v) is 8.69. The van der Waals surface area contributed by atoms with E-state index in [-0.39, 0.29) is 24.4 Å². The molecule has 0 saturated heterocycles. The van der Waals surface area contributed by atoms with Crippen LogP contribution in [0.4, 0.5) is 0 Å². The highest BCUT2D eigenvalue weighted by molar-refractivity contribution is 6.31. The number of carbonyl (C=O) groups is 2. The van der Waals surface area contributed by atoms with Gasteiger partial charge in [0.25, 0.3) is 0 Å². The van der Waals surface area contributed by atoms with Crippen molar-refractivity contribution in [3.05, 3.63) is 34.9 Å². The molecule has 1 aromatic carbocycles. The first-order chi connectivity index (χ1) is 12.8. The standard InChI is InChI=1S/C22H33ClN2O2/c1-14(2)16-9-8-15(3)12-18(16)21(26)11-10-20(25-22(27)13-24)17-6-4-5-7-19(17)23/h4-7,14-16,18,20H,8-13,24H2,1-3H3,(H,25,27)/t15-,16+,18-,20-/m1/s1. The van der Waals surface area contributed by atoms with E-state index in [0.717, 1.165) is 18.4 Å². The van der Waals surface area contributed by atoms with Gasteiger partial charge < -0.3 is 11.1 Å². The smallest absolute Gasteiger partial charge is 0.234 e. The lowest BCUT2D eigenvalue weighted by atomic mass is 9.68. The molecule has 1 aromatic rings. The number of nitrogens with two attached hydrogens (primary N) is 1. The van der Waals surface area contributed by atoms with Gasteiger partial charge in [-0.15, -0.1) is 0 Å². The molecule has 1 amide bonds. The summed E-state index contributed by atoms with van der Waals surface area (Å²) >= 11 is 6.33. The molecule has 0 aromatic heterocycles. The van der Waals surface area contributed by atoms with Crippen LogP contribution in [0.3, 0.4) is 0 Å². The van der Waals surface area contributed by atoms with E-state index >= 15 is 0 Å². The summed E-state index contributed by atoms with van der Waals surface area (Å²) in [6, 6.07) is 7.15. The Morgan fingerprint density at radius 1 is 1.26 bits per heavy atom. The van der Waals surface area contributed by atoms with Crippen molar-refractivity contribution in [2.45, 2.75) is 58.9 Å². The van der Waals surface area contributed by atoms with Gasteiger partial charge in [-0.3, -0.25) is 9.59 Å². The Bertz CT molecular complexity index is 647. The van der Waals surface area contributed by atoms with Crippen LogP contribution < -0.4 is 11.1 Å². The predicted octanol–water partition coefficient (Wildman–Crippen LogP) is 4.51. The molecule has 4 atom stereocenters. The molecule has 1 fully saturated rings.